The predicted octanol–water partition coefficient (Wildman–Crippen LogP) is 1.59. The van der Waals surface area contributed by atoms with Crippen molar-refractivity contribution in [3.05, 3.63) is 35.4 Å². The standard InChI is InChI=1S/C17H25N3O2/c1-17(2)11-20(10-9-14(17)18)16(22)13-7-5-12(6-8-13)15(21)19(3)4/h5-8,14H,9-11,18H2,1-4H3. The zero-order valence-corrected chi connectivity index (χ0v) is 13.8. The Bertz CT molecular complexity index is 564. The summed E-state index contributed by atoms with van der Waals surface area (Å²) in [4.78, 5) is 27.8. The van der Waals surface area contributed by atoms with Crippen molar-refractivity contribution in [3.8, 4) is 0 Å². The zero-order valence-electron chi connectivity index (χ0n) is 13.8. The van der Waals surface area contributed by atoms with E-state index in [1.54, 1.807) is 38.4 Å². The molecule has 120 valence electrons. The van der Waals surface area contributed by atoms with Crippen LogP contribution in [0.25, 0.3) is 0 Å². The SMILES string of the molecule is CN(C)C(=O)c1ccc(C(=O)N2CCC(N)C(C)(C)C2)cc1. The van der Waals surface area contributed by atoms with Crippen molar-refractivity contribution in [2.75, 3.05) is 27.2 Å². The molecule has 1 aromatic rings. The highest BCUT2D eigenvalue weighted by Gasteiger charge is 2.35. The van der Waals surface area contributed by atoms with Gasteiger partial charge in [0.15, 0.2) is 0 Å². The molecule has 2 rings (SSSR count). The maximum absolute atomic E-state index is 12.6. The molecule has 1 unspecified atom stereocenters. The van der Waals surface area contributed by atoms with E-state index in [1.165, 1.54) is 4.90 Å². The van der Waals surface area contributed by atoms with E-state index in [1.807, 2.05) is 4.90 Å². The Morgan fingerprint density at radius 3 is 2.23 bits per heavy atom. The second-order valence-electron chi connectivity index (χ2n) is 6.89. The molecular formula is C17H25N3O2. The highest BCUT2D eigenvalue weighted by molar-refractivity contribution is 5.97. The lowest BCUT2D eigenvalue weighted by Crippen LogP contribution is -2.54. The van der Waals surface area contributed by atoms with Crippen molar-refractivity contribution in [1.29, 1.82) is 0 Å². The third kappa shape index (κ3) is 3.30. The minimum Gasteiger partial charge on any atom is -0.345 e. The Balaban J connectivity index is 2.12. The number of nitrogens with zero attached hydrogens (tertiary/aromatic N) is 2. The molecule has 0 radical (unpaired) electrons. The van der Waals surface area contributed by atoms with Gasteiger partial charge in [-0.25, -0.2) is 0 Å². The monoisotopic (exact) mass is 303 g/mol. The predicted molar refractivity (Wildman–Crippen MR) is 86.7 cm³/mol. The molecular weight excluding hydrogens is 278 g/mol. The molecule has 1 atom stereocenters. The quantitative estimate of drug-likeness (QED) is 0.902. The van der Waals surface area contributed by atoms with Crippen LogP contribution >= 0.6 is 0 Å². The summed E-state index contributed by atoms with van der Waals surface area (Å²) in [7, 11) is 3.42. The lowest BCUT2D eigenvalue weighted by atomic mass is 9.79. The number of nitrogens with two attached hydrogens (primary N) is 1. The molecule has 1 aromatic carbocycles. The number of hydrogen-bond acceptors (Lipinski definition) is 3. The first-order chi connectivity index (χ1) is 10.2. The van der Waals surface area contributed by atoms with Gasteiger partial charge in [-0.15, -0.1) is 0 Å². The summed E-state index contributed by atoms with van der Waals surface area (Å²) in [6.45, 7) is 5.53. The Labute approximate surface area is 132 Å². The van der Waals surface area contributed by atoms with Gasteiger partial charge in [0.2, 0.25) is 0 Å². The molecule has 1 aliphatic rings. The van der Waals surface area contributed by atoms with E-state index in [2.05, 4.69) is 13.8 Å². The summed E-state index contributed by atoms with van der Waals surface area (Å²) >= 11 is 0. The summed E-state index contributed by atoms with van der Waals surface area (Å²) in [5, 5.41) is 0. The van der Waals surface area contributed by atoms with Crippen molar-refractivity contribution < 1.29 is 9.59 Å². The van der Waals surface area contributed by atoms with E-state index in [9.17, 15) is 9.59 Å². The van der Waals surface area contributed by atoms with Crippen molar-refractivity contribution in [2.45, 2.75) is 26.3 Å². The number of amides is 2. The van der Waals surface area contributed by atoms with Crippen LogP contribution in [-0.4, -0.2) is 54.8 Å². The van der Waals surface area contributed by atoms with Gasteiger partial charge in [0, 0.05) is 44.4 Å². The van der Waals surface area contributed by atoms with Crippen LogP contribution in [-0.2, 0) is 0 Å². The first kappa shape index (κ1) is 16.5. The van der Waals surface area contributed by atoms with Crippen LogP contribution in [0.1, 0.15) is 41.0 Å². The third-order valence-electron chi connectivity index (χ3n) is 4.38. The van der Waals surface area contributed by atoms with E-state index in [0.29, 0.717) is 24.2 Å². The Kier molecular flexibility index (Phi) is 4.56. The van der Waals surface area contributed by atoms with E-state index >= 15 is 0 Å². The lowest BCUT2D eigenvalue weighted by molar-refractivity contribution is 0.0532. The first-order valence-electron chi connectivity index (χ1n) is 7.59. The molecule has 0 saturated carbocycles. The van der Waals surface area contributed by atoms with E-state index in [-0.39, 0.29) is 23.3 Å². The summed E-state index contributed by atoms with van der Waals surface area (Å²) in [6, 6.07) is 6.98. The minimum absolute atomic E-state index is 0.00354. The number of rotatable bonds is 2. The minimum atomic E-state index is -0.0747. The summed E-state index contributed by atoms with van der Waals surface area (Å²) in [6.07, 6.45) is 0.815. The fraction of sp³-hybridized carbons (Fsp3) is 0.529. The maximum atomic E-state index is 12.6. The van der Waals surface area contributed by atoms with Crippen molar-refractivity contribution >= 4 is 11.8 Å². The summed E-state index contributed by atoms with van der Waals surface area (Å²) in [5.74, 6) is -0.0621. The number of benzene rings is 1. The molecule has 2 amide bonds. The Morgan fingerprint density at radius 1 is 1.18 bits per heavy atom. The van der Waals surface area contributed by atoms with Gasteiger partial charge in [0.1, 0.15) is 0 Å². The van der Waals surface area contributed by atoms with Gasteiger partial charge >= 0.3 is 0 Å². The van der Waals surface area contributed by atoms with Crippen LogP contribution in [0.15, 0.2) is 24.3 Å². The number of piperidine rings is 1. The van der Waals surface area contributed by atoms with Gasteiger partial charge in [-0.3, -0.25) is 9.59 Å². The average Bonchev–Trinajstić information content (AvgIpc) is 2.48. The molecule has 0 spiro atoms. The van der Waals surface area contributed by atoms with Gasteiger partial charge < -0.3 is 15.5 Å². The molecule has 5 nitrogen and oxygen atoms in total. The molecule has 0 aromatic heterocycles. The molecule has 0 aliphatic carbocycles. The van der Waals surface area contributed by atoms with Gasteiger partial charge in [0.25, 0.3) is 11.8 Å². The lowest BCUT2D eigenvalue weighted by Gasteiger charge is -2.42. The average molecular weight is 303 g/mol. The maximum Gasteiger partial charge on any atom is 0.253 e. The fourth-order valence-electron chi connectivity index (χ4n) is 2.74. The molecule has 1 fully saturated rings. The Morgan fingerprint density at radius 2 is 1.73 bits per heavy atom. The number of hydrogen-bond donors (Lipinski definition) is 1. The highest BCUT2D eigenvalue weighted by Crippen LogP contribution is 2.28. The van der Waals surface area contributed by atoms with E-state index in [0.717, 1.165) is 6.42 Å². The summed E-state index contributed by atoms with van der Waals surface area (Å²) < 4.78 is 0. The van der Waals surface area contributed by atoms with E-state index < -0.39 is 0 Å². The van der Waals surface area contributed by atoms with Crippen LogP contribution < -0.4 is 5.73 Å². The summed E-state index contributed by atoms with van der Waals surface area (Å²) in [5.41, 5.74) is 7.24. The van der Waals surface area contributed by atoms with Gasteiger partial charge in [-0.05, 0) is 36.1 Å². The number of likely N-dealkylation sites (tertiary alicyclic amines) is 1. The van der Waals surface area contributed by atoms with Crippen LogP contribution in [0.5, 0.6) is 0 Å². The smallest absolute Gasteiger partial charge is 0.253 e. The van der Waals surface area contributed by atoms with Gasteiger partial charge in [-0.1, -0.05) is 13.8 Å². The molecule has 1 heterocycles. The largest absolute Gasteiger partial charge is 0.345 e. The molecule has 22 heavy (non-hydrogen) atoms. The van der Waals surface area contributed by atoms with Crippen molar-refractivity contribution in [1.82, 2.24) is 9.80 Å². The second kappa shape index (κ2) is 6.08. The first-order valence-corrected chi connectivity index (χ1v) is 7.59. The Hall–Kier alpha value is -1.88. The molecule has 5 heteroatoms. The van der Waals surface area contributed by atoms with Crippen LogP contribution in [0.3, 0.4) is 0 Å². The van der Waals surface area contributed by atoms with Gasteiger partial charge in [0.05, 0.1) is 0 Å². The zero-order chi connectivity index (χ0) is 16.5. The molecule has 0 bridgehead atoms. The second-order valence-corrected chi connectivity index (χ2v) is 6.89. The third-order valence-corrected chi connectivity index (χ3v) is 4.38. The highest BCUT2D eigenvalue weighted by atomic mass is 16.2. The van der Waals surface area contributed by atoms with Crippen molar-refractivity contribution in [3.63, 3.8) is 0 Å². The number of carbonyl (C=O) groups is 2. The topological polar surface area (TPSA) is 66.6 Å². The van der Waals surface area contributed by atoms with Gasteiger partial charge in [-0.2, -0.15) is 0 Å². The molecule has 1 saturated heterocycles. The fourth-order valence-corrected chi connectivity index (χ4v) is 2.74. The number of carbonyl (C=O) groups excluding carboxylic acids is 2. The molecule has 2 N–H and O–H groups in total. The van der Waals surface area contributed by atoms with E-state index in [4.69, 9.17) is 5.73 Å². The van der Waals surface area contributed by atoms with Crippen LogP contribution in [0.4, 0.5) is 0 Å². The van der Waals surface area contributed by atoms with Crippen LogP contribution in [0, 0.1) is 5.41 Å². The normalized spacial score (nSPS) is 20.6. The van der Waals surface area contributed by atoms with Crippen molar-refractivity contribution in [2.24, 2.45) is 11.1 Å². The molecule has 1 aliphatic heterocycles. The van der Waals surface area contributed by atoms with Crippen LogP contribution in [0.2, 0.25) is 0 Å².